The van der Waals surface area contributed by atoms with Crippen molar-refractivity contribution < 1.29 is 12.8 Å². The minimum absolute atomic E-state index is 0.235. The molecular formula is C18H18FN3O2S. The summed E-state index contributed by atoms with van der Waals surface area (Å²) in [7, 11) is -1.85. The van der Waals surface area contributed by atoms with Gasteiger partial charge < -0.3 is 4.57 Å². The first-order chi connectivity index (χ1) is 11.9. The number of imidazole rings is 1. The molecule has 0 aliphatic carbocycles. The summed E-state index contributed by atoms with van der Waals surface area (Å²) >= 11 is 0. The van der Waals surface area contributed by atoms with Gasteiger partial charge in [-0.3, -0.25) is 0 Å². The van der Waals surface area contributed by atoms with E-state index in [1.165, 1.54) is 24.3 Å². The molecule has 2 aromatic carbocycles. The van der Waals surface area contributed by atoms with Crippen molar-refractivity contribution in [2.24, 2.45) is 7.05 Å². The summed E-state index contributed by atoms with van der Waals surface area (Å²) in [6.45, 7) is 0. The zero-order valence-electron chi connectivity index (χ0n) is 13.6. The Morgan fingerprint density at radius 1 is 1.12 bits per heavy atom. The lowest BCUT2D eigenvalue weighted by molar-refractivity contribution is 0.562. The lowest BCUT2D eigenvalue weighted by Gasteiger charge is -2.19. The first-order valence-electron chi connectivity index (χ1n) is 7.71. The number of sulfonamides is 1. The normalized spacial score (nSPS) is 12.9. The number of benzene rings is 2. The smallest absolute Gasteiger partial charge is 0.216 e. The Kier molecular flexibility index (Phi) is 4.96. The van der Waals surface area contributed by atoms with Crippen LogP contribution in [0.5, 0.6) is 0 Å². The van der Waals surface area contributed by atoms with Gasteiger partial charge in [-0.15, -0.1) is 0 Å². The third-order valence-corrected chi connectivity index (χ3v) is 5.13. The molecule has 0 aliphatic rings. The molecular weight excluding hydrogens is 341 g/mol. The summed E-state index contributed by atoms with van der Waals surface area (Å²) in [4.78, 5) is 4.28. The molecule has 3 rings (SSSR count). The Morgan fingerprint density at radius 2 is 1.80 bits per heavy atom. The summed E-state index contributed by atoms with van der Waals surface area (Å²) in [6.07, 6.45) is 3.39. The molecule has 1 aromatic heterocycles. The minimum atomic E-state index is -3.66. The van der Waals surface area contributed by atoms with E-state index in [9.17, 15) is 12.8 Å². The second kappa shape index (κ2) is 7.16. The number of nitrogens with zero attached hydrogens (tertiary/aromatic N) is 2. The zero-order chi connectivity index (χ0) is 17.9. The maximum atomic E-state index is 13.0. The molecule has 0 aliphatic heterocycles. The van der Waals surface area contributed by atoms with Gasteiger partial charge in [0.25, 0.3) is 0 Å². The van der Waals surface area contributed by atoms with E-state index in [4.69, 9.17) is 0 Å². The van der Waals surface area contributed by atoms with E-state index >= 15 is 0 Å². The lowest BCUT2D eigenvalue weighted by Crippen LogP contribution is -2.32. The van der Waals surface area contributed by atoms with Crippen LogP contribution in [0.15, 0.2) is 67.0 Å². The van der Waals surface area contributed by atoms with E-state index in [-0.39, 0.29) is 5.75 Å². The predicted molar refractivity (Wildman–Crippen MR) is 93.7 cm³/mol. The van der Waals surface area contributed by atoms with Crippen molar-refractivity contribution in [1.82, 2.24) is 14.3 Å². The molecule has 25 heavy (non-hydrogen) atoms. The number of hydrogen-bond acceptors (Lipinski definition) is 3. The van der Waals surface area contributed by atoms with E-state index in [0.717, 1.165) is 5.56 Å². The number of hydrogen-bond donors (Lipinski definition) is 1. The second-order valence-corrected chi connectivity index (χ2v) is 7.50. The molecule has 0 amide bonds. The average molecular weight is 359 g/mol. The van der Waals surface area contributed by atoms with Gasteiger partial charge in [0, 0.05) is 19.4 Å². The van der Waals surface area contributed by atoms with Crippen LogP contribution in [0.2, 0.25) is 0 Å². The predicted octanol–water partition coefficient (Wildman–Crippen LogP) is 2.77. The molecule has 0 radical (unpaired) electrons. The fourth-order valence-electron chi connectivity index (χ4n) is 2.59. The summed E-state index contributed by atoms with van der Waals surface area (Å²) in [6, 6.07) is 14.1. The second-order valence-electron chi connectivity index (χ2n) is 5.74. The van der Waals surface area contributed by atoms with Crippen LogP contribution in [-0.4, -0.2) is 18.0 Å². The molecule has 0 bridgehead atoms. The summed E-state index contributed by atoms with van der Waals surface area (Å²) in [5, 5.41) is 0. The molecule has 0 saturated carbocycles. The zero-order valence-corrected chi connectivity index (χ0v) is 14.4. The highest BCUT2D eigenvalue weighted by Gasteiger charge is 2.24. The maximum absolute atomic E-state index is 13.0. The van der Waals surface area contributed by atoms with Crippen molar-refractivity contribution in [3.05, 3.63) is 89.8 Å². The molecule has 0 fully saturated rings. The van der Waals surface area contributed by atoms with E-state index in [0.29, 0.717) is 11.4 Å². The molecule has 1 heterocycles. The van der Waals surface area contributed by atoms with Crippen LogP contribution < -0.4 is 4.72 Å². The third-order valence-electron chi connectivity index (χ3n) is 3.82. The molecule has 0 saturated heterocycles. The lowest BCUT2D eigenvalue weighted by atomic mass is 10.1. The van der Waals surface area contributed by atoms with E-state index in [1.807, 2.05) is 37.4 Å². The first-order valence-corrected chi connectivity index (χ1v) is 9.36. The van der Waals surface area contributed by atoms with Crippen LogP contribution in [0.25, 0.3) is 0 Å². The summed E-state index contributed by atoms with van der Waals surface area (Å²) < 4.78 is 42.8. The quantitative estimate of drug-likeness (QED) is 0.736. The Bertz CT molecular complexity index is 938. The SMILES string of the molecule is Cn1ccnc1[C@@H](NS(=O)(=O)Cc1ccc(F)cc1)c1ccccc1. The van der Waals surface area contributed by atoms with Gasteiger partial charge >= 0.3 is 0 Å². The molecule has 5 nitrogen and oxygen atoms in total. The molecule has 0 unspecified atom stereocenters. The number of nitrogens with one attached hydrogen (secondary N) is 1. The van der Waals surface area contributed by atoms with Crippen molar-refractivity contribution in [3.8, 4) is 0 Å². The fourth-order valence-corrected chi connectivity index (χ4v) is 3.91. The number of aryl methyl sites for hydroxylation is 1. The van der Waals surface area contributed by atoms with Gasteiger partial charge in [-0.2, -0.15) is 4.72 Å². The average Bonchev–Trinajstić information content (AvgIpc) is 3.01. The Balaban J connectivity index is 1.89. The molecule has 0 spiro atoms. The van der Waals surface area contributed by atoms with Crippen LogP contribution in [0.1, 0.15) is 23.0 Å². The standard InChI is InChI=1S/C18H18FN3O2S/c1-22-12-11-20-18(22)17(15-5-3-2-4-6-15)21-25(23,24)13-14-7-9-16(19)10-8-14/h2-12,17,21H,13H2,1H3/t17-/m0/s1. The highest BCUT2D eigenvalue weighted by atomic mass is 32.2. The van der Waals surface area contributed by atoms with Crippen LogP contribution >= 0.6 is 0 Å². The molecule has 3 aromatic rings. The molecule has 1 N–H and O–H groups in total. The maximum Gasteiger partial charge on any atom is 0.216 e. The van der Waals surface area contributed by atoms with Crippen molar-refractivity contribution in [3.63, 3.8) is 0 Å². The van der Waals surface area contributed by atoms with Gasteiger partial charge in [0.15, 0.2) is 0 Å². The van der Waals surface area contributed by atoms with E-state index in [2.05, 4.69) is 9.71 Å². The highest BCUT2D eigenvalue weighted by molar-refractivity contribution is 7.88. The van der Waals surface area contributed by atoms with Crippen molar-refractivity contribution in [2.45, 2.75) is 11.8 Å². The van der Waals surface area contributed by atoms with Gasteiger partial charge in [0.1, 0.15) is 17.7 Å². The van der Waals surface area contributed by atoms with Gasteiger partial charge in [0.05, 0.1) is 5.75 Å². The molecule has 1 atom stereocenters. The summed E-state index contributed by atoms with van der Waals surface area (Å²) in [5.74, 6) is -0.0423. The van der Waals surface area contributed by atoms with Gasteiger partial charge in [0.2, 0.25) is 10.0 Å². The molecule has 130 valence electrons. The highest BCUT2D eigenvalue weighted by Crippen LogP contribution is 2.22. The van der Waals surface area contributed by atoms with Crippen LogP contribution in [0.4, 0.5) is 4.39 Å². The third kappa shape index (κ3) is 4.32. The van der Waals surface area contributed by atoms with Gasteiger partial charge in [-0.25, -0.2) is 17.8 Å². The van der Waals surface area contributed by atoms with Crippen molar-refractivity contribution in [2.75, 3.05) is 0 Å². The molecule has 7 heteroatoms. The van der Waals surface area contributed by atoms with Crippen molar-refractivity contribution >= 4 is 10.0 Å². The Labute approximate surface area is 146 Å². The number of halogens is 1. The largest absolute Gasteiger partial charge is 0.336 e. The van der Waals surface area contributed by atoms with E-state index < -0.39 is 21.9 Å². The van der Waals surface area contributed by atoms with Crippen LogP contribution in [0, 0.1) is 5.82 Å². The van der Waals surface area contributed by atoms with Gasteiger partial charge in [-0.05, 0) is 23.3 Å². The Morgan fingerprint density at radius 3 is 2.40 bits per heavy atom. The summed E-state index contributed by atoms with van der Waals surface area (Å²) in [5.41, 5.74) is 1.31. The number of rotatable bonds is 6. The Hall–Kier alpha value is -2.51. The van der Waals surface area contributed by atoms with Crippen molar-refractivity contribution in [1.29, 1.82) is 0 Å². The monoisotopic (exact) mass is 359 g/mol. The minimum Gasteiger partial charge on any atom is -0.336 e. The first kappa shape index (κ1) is 17.3. The van der Waals surface area contributed by atoms with Crippen LogP contribution in [-0.2, 0) is 22.8 Å². The topological polar surface area (TPSA) is 64.0 Å². The number of aromatic nitrogens is 2. The van der Waals surface area contributed by atoms with E-state index in [1.54, 1.807) is 17.0 Å². The fraction of sp³-hybridized carbons (Fsp3) is 0.167. The van der Waals surface area contributed by atoms with Gasteiger partial charge in [-0.1, -0.05) is 42.5 Å². The van der Waals surface area contributed by atoms with Crippen LogP contribution in [0.3, 0.4) is 0 Å².